The molecule has 3 aromatic rings. The van der Waals surface area contributed by atoms with Crippen LogP contribution in [0.2, 0.25) is 5.02 Å². The van der Waals surface area contributed by atoms with E-state index < -0.39 is 0 Å². The molecule has 0 aliphatic heterocycles. The summed E-state index contributed by atoms with van der Waals surface area (Å²) in [6.45, 7) is 0. The van der Waals surface area contributed by atoms with Crippen molar-refractivity contribution in [2.45, 2.75) is 0 Å². The zero-order chi connectivity index (χ0) is 11.0. The average molecular weight is 246 g/mol. The van der Waals surface area contributed by atoms with E-state index in [9.17, 15) is 0 Å². The summed E-state index contributed by atoms with van der Waals surface area (Å²) in [5, 5.41) is 5.88. The quantitative estimate of drug-likeness (QED) is 0.610. The lowest BCUT2D eigenvalue weighted by molar-refractivity contribution is 1.41. The molecule has 0 saturated heterocycles. The lowest BCUT2D eigenvalue weighted by Gasteiger charge is -2.03. The number of benzene rings is 1. The molecule has 0 unspecified atom stereocenters. The molecule has 1 nitrogen and oxygen atoms in total. The maximum absolute atomic E-state index is 6.24. The number of pyridine rings is 1. The zero-order valence-electron chi connectivity index (χ0n) is 8.35. The number of thiophene rings is 1. The predicted octanol–water partition coefficient (Wildman–Crippen LogP) is 4.62. The monoisotopic (exact) mass is 245 g/mol. The minimum atomic E-state index is 0.756. The maximum Gasteiger partial charge on any atom is 0.0732 e. The maximum atomic E-state index is 6.24. The molecule has 0 N–H and O–H groups in total. The fourth-order valence-corrected chi connectivity index (χ4v) is 2.60. The summed E-state index contributed by atoms with van der Waals surface area (Å²) in [7, 11) is 0. The molecule has 0 spiro atoms. The highest BCUT2D eigenvalue weighted by atomic mass is 35.5. The number of hydrogen-bond acceptors (Lipinski definition) is 2. The lowest BCUT2D eigenvalue weighted by atomic mass is 10.1. The average Bonchev–Trinajstić information content (AvgIpc) is 2.82. The first kappa shape index (κ1) is 9.82. The van der Waals surface area contributed by atoms with Crippen molar-refractivity contribution in [3.63, 3.8) is 0 Å². The highest BCUT2D eigenvalue weighted by Crippen LogP contribution is 2.28. The van der Waals surface area contributed by atoms with Gasteiger partial charge in [0.2, 0.25) is 0 Å². The van der Waals surface area contributed by atoms with Crippen molar-refractivity contribution in [1.29, 1.82) is 0 Å². The van der Waals surface area contributed by atoms with Crippen LogP contribution in [0, 0.1) is 0 Å². The number of rotatable bonds is 1. The van der Waals surface area contributed by atoms with Gasteiger partial charge in [-0.2, -0.15) is 11.3 Å². The largest absolute Gasteiger partial charge is 0.248 e. The zero-order valence-corrected chi connectivity index (χ0v) is 9.92. The summed E-state index contributed by atoms with van der Waals surface area (Å²) in [6.07, 6.45) is 0. The van der Waals surface area contributed by atoms with Crippen LogP contribution in [-0.2, 0) is 0 Å². The number of nitrogens with zero attached hydrogens (tertiary/aromatic N) is 1. The highest BCUT2D eigenvalue weighted by Gasteiger charge is 2.05. The van der Waals surface area contributed by atoms with Crippen LogP contribution in [0.5, 0.6) is 0 Å². The second kappa shape index (κ2) is 3.89. The number of halogens is 1. The molecule has 3 heteroatoms. The van der Waals surface area contributed by atoms with Crippen LogP contribution in [0.4, 0.5) is 0 Å². The molecule has 0 radical (unpaired) electrons. The summed E-state index contributed by atoms with van der Waals surface area (Å²) in [4.78, 5) is 4.60. The Bertz CT molecular complexity index is 631. The van der Waals surface area contributed by atoms with E-state index in [1.807, 2.05) is 35.7 Å². The molecule has 0 bridgehead atoms. The molecule has 0 atom stereocenters. The lowest BCUT2D eigenvalue weighted by Crippen LogP contribution is -1.84. The molecule has 0 aliphatic rings. The van der Waals surface area contributed by atoms with Gasteiger partial charge in [-0.25, -0.2) is 4.98 Å². The van der Waals surface area contributed by atoms with Gasteiger partial charge in [0, 0.05) is 16.3 Å². The first-order valence-corrected chi connectivity index (χ1v) is 6.24. The van der Waals surface area contributed by atoms with Gasteiger partial charge in [0.15, 0.2) is 0 Å². The van der Waals surface area contributed by atoms with Crippen LogP contribution in [0.15, 0.2) is 47.2 Å². The Hall–Kier alpha value is -1.38. The van der Waals surface area contributed by atoms with Crippen LogP contribution in [0.3, 0.4) is 0 Å². The van der Waals surface area contributed by atoms with Crippen molar-refractivity contribution in [1.82, 2.24) is 4.98 Å². The summed E-state index contributed by atoms with van der Waals surface area (Å²) in [5.74, 6) is 0. The first-order valence-electron chi connectivity index (χ1n) is 4.92. The normalized spacial score (nSPS) is 10.8. The topological polar surface area (TPSA) is 12.9 Å². The number of hydrogen-bond donors (Lipinski definition) is 0. The Labute approximate surface area is 102 Å². The van der Waals surface area contributed by atoms with Gasteiger partial charge in [0.25, 0.3) is 0 Å². The van der Waals surface area contributed by atoms with E-state index in [4.69, 9.17) is 11.6 Å². The molecule has 0 amide bonds. The molecule has 0 aliphatic carbocycles. The van der Waals surface area contributed by atoms with Crippen LogP contribution >= 0.6 is 22.9 Å². The van der Waals surface area contributed by atoms with Gasteiger partial charge >= 0.3 is 0 Å². The third kappa shape index (κ3) is 1.60. The van der Waals surface area contributed by atoms with Crippen LogP contribution in [0.25, 0.3) is 22.2 Å². The van der Waals surface area contributed by atoms with E-state index >= 15 is 0 Å². The van der Waals surface area contributed by atoms with E-state index in [2.05, 4.69) is 16.4 Å². The second-order valence-corrected chi connectivity index (χ2v) is 4.71. The standard InChI is InChI=1S/C13H8ClNS/c14-11-7-13(9-5-6-16-8-9)15-12-4-2-1-3-10(11)12/h1-8H. The van der Waals surface area contributed by atoms with E-state index in [1.54, 1.807) is 11.3 Å². The van der Waals surface area contributed by atoms with Crippen molar-refractivity contribution in [2.75, 3.05) is 0 Å². The molecule has 3 rings (SSSR count). The summed E-state index contributed by atoms with van der Waals surface area (Å²) >= 11 is 7.91. The first-order chi connectivity index (χ1) is 7.84. The summed E-state index contributed by atoms with van der Waals surface area (Å²) < 4.78 is 0. The molecule has 16 heavy (non-hydrogen) atoms. The van der Waals surface area contributed by atoms with Gasteiger partial charge in [-0.15, -0.1) is 0 Å². The van der Waals surface area contributed by atoms with Gasteiger partial charge in [-0.05, 0) is 23.6 Å². The minimum Gasteiger partial charge on any atom is -0.248 e. The van der Waals surface area contributed by atoms with Crippen molar-refractivity contribution in [3.8, 4) is 11.3 Å². The Kier molecular flexibility index (Phi) is 2.39. The summed E-state index contributed by atoms with van der Waals surface area (Å²) in [5.41, 5.74) is 3.00. The second-order valence-electron chi connectivity index (χ2n) is 3.52. The van der Waals surface area contributed by atoms with E-state index in [1.165, 1.54) is 0 Å². The van der Waals surface area contributed by atoms with Crippen molar-refractivity contribution in [2.24, 2.45) is 0 Å². The molecule has 1 aromatic carbocycles. The Morgan fingerprint density at radius 1 is 1.12 bits per heavy atom. The molecule has 2 heterocycles. The SMILES string of the molecule is Clc1cc(-c2ccsc2)nc2ccccc12. The Balaban J connectivity index is 2.29. The smallest absolute Gasteiger partial charge is 0.0732 e. The van der Waals surface area contributed by atoms with Gasteiger partial charge in [0.05, 0.1) is 16.2 Å². The van der Waals surface area contributed by atoms with Gasteiger partial charge < -0.3 is 0 Å². The van der Waals surface area contributed by atoms with E-state index in [0.717, 1.165) is 27.2 Å². The minimum absolute atomic E-state index is 0.756. The van der Waals surface area contributed by atoms with Gasteiger partial charge in [-0.3, -0.25) is 0 Å². The molecule has 78 valence electrons. The number of para-hydroxylation sites is 1. The molecular weight excluding hydrogens is 238 g/mol. The molecule has 0 fully saturated rings. The highest BCUT2D eigenvalue weighted by molar-refractivity contribution is 7.08. The third-order valence-electron chi connectivity index (χ3n) is 2.48. The van der Waals surface area contributed by atoms with Crippen LogP contribution in [0.1, 0.15) is 0 Å². The predicted molar refractivity (Wildman–Crippen MR) is 70.1 cm³/mol. The third-order valence-corrected chi connectivity index (χ3v) is 3.48. The van der Waals surface area contributed by atoms with E-state index in [-0.39, 0.29) is 0 Å². The number of aromatic nitrogens is 1. The molecular formula is C13H8ClNS. The molecule has 2 aromatic heterocycles. The fraction of sp³-hybridized carbons (Fsp3) is 0. The van der Waals surface area contributed by atoms with Crippen LogP contribution < -0.4 is 0 Å². The van der Waals surface area contributed by atoms with Crippen molar-refractivity contribution in [3.05, 3.63) is 52.2 Å². The number of fused-ring (bicyclic) bond motifs is 1. The van der Waals surface area contributed by atoms with Crippen molar-refractivity contribution >= 4 is 33.8 Å². The Morgan fingerprint density at radius 3 is 2.81 bits per heavy atom. The Morgan fingerprint density at radius 2 is 2.00 bits per heavy atom. The van der Waals surface area contributed by atoms with Gasteiger partial charge in [0.1, 0.15) is 0 Å². The summed E-state index contributed by atoms with van der Waals surface area (Å²) in [6, 6.07) is 11.9. The molecule has 0 saturated carbocycles. The van der Waals surface area contributed by atoms with E-state index in [0.29, 0.717) is 0 Å². The van der Waals surface area contributed by atoms with Crippen LogP contribution in [-0.4, -0.2) is 4.98 Å². The van der Waals surface area contributed by atoms with Gasteiger partial charge in [-0.1, -0.05) is 29.8 Å². The fourth-order valence-electron chi connectivity index (χ4n) is 1.69. The van der Waals surface area contributed by atoms with Crippen molar-refractivity contribution < 1.29 is 0 Å².